The number of nitrogens with one attached hydrogen (secondary N) is 6. The number of amides is 9. The van der Waals surface area contributed by atoms with Gasteiger partial charge in [0.15, 0.2) is 0 Å². The maximum absolute atomic E-state index is 14.9. The Kier molecular flexibility index (Phi) is 19.4. The minimum atomic E-state index is -1.08. The second-order valence-electron chi connectivity index (χ2n) is 20.1. The normalized spacial score (nSPS) is 15.3. The summed E-state index contributed by atoms with van der Waals surface area (Å²) >= 11 is 0. The highest BCUT2D eigenvalue weighted by molar-refractivity contribution is 6.02. The number of nitrogens with zero attached hydrogens (tertiary/aromatic N) is 3. The number of aromatic nitrogens is 2. The van der Waals surface area contributed by atoms with Crippen LogP contribution in [0.4, 0.5) is 19.7 Å². The van der Waals surface area contributed by atoms with Gasteiger partial charge in [-0.25, -0.2) is 19.0 Å². The van der Waals surface area contributed by atoms with Crippen LogP contribution in [0.5, 0.6) is 0 Å². The van der Waals surface area contributed by atoms with Gasteiger partial charge in [0.2, 0.25) is 35.4 Å². The molecule has 0 bridgehead atoms. The van der Waals surface area contributed by atoms with E-state index in [1.165, 1.54) is 11.0 Å². The van der Waals surface area contributed by atoms with E-state index < -0.39 is 60.3 Å². The third-order valence-electron chi connectivity index (χ3n) is 14.2. The minimum absolute atomic E-state index is 0.00139. The largest absolute Gasteiger partial charge is 0.445 e. The number of fused-ring (bicyclic) bond motifs is 5. The number of rotatable bonds is 25. The third kappa shape index (κ3) is 14.3. The lowest BCUT2D eigenvalue weighted by Crippen LogP contribution is -2.54. The summed E-state index contributed by atoms with van der Waals surface area (Å²) in [7, 11) is 0. The molecule has 2 aromatic carbocycles. The molecule has 0 radical (unpaired) electrons. The number of imide groups is 1. The quantitative estimate of drug-likeness (QED) is 0.0246. The number of primary amides is 1. The van der Waals surface area contributed by atoms with Crippen LogP contribution in [0.15, 0.2) is 47.3 Å². The number of Topliss-reactive ketones (excluding diaryl/α,β-unsaturated/α-hetero) is 1. The summed E-state index contributed by atoms with van der Waals surface area (Å²) in [6, 6.07) is 8.40. The standard InChI is InChI=1S/C55H67FN10O12/c1-5-34-36-23-43-50-39(26-66(43)53(74)35(36)16-17-44(34)67)38(37-22-31(4)40(56)24-42(37)62-50)25-59-46(69)28-77-29-60-55(76)78-27-32-12-14-33(15-13-32)61-51(72)41(10-9-20-58-54(57)75)63-52(73)49(30(2)3)64-45(68)11-7-6-8-21-65-47(70)18-19-48(65)71/h12-15,22-24,30,34,41,49H,5-11,16-21,25-29H2,1-4H3,(H,59,69)(H,60,76)(H,61,72)(H,63,73)(H,64,68)(H3,57,58,75)/t34-,41+,49+/m1/s1. The highest BCUT2D eigenvalue weighted by Crippen LogP contribution is 2.39. The van der Waals surface area contributed by atoms with E-state index in [1.54, 1.807) is 55.7 Å². The molecule has 4 heterocycles. The molecule has 2 aliphatic heterocycles. The predicted molar refractivity (Wildman–Crippen MR) is 283 cm³/mol. The molecular weight excluding hydrogens is 1010 g/mol. The number of urea groups is 1. The fraction of sp³-hybridized carbons (Fsp3) is 0.473. The van der Waals surface area contributed by atoms with Gasteiger partial charge in [0.25, 0.3) is 5.56 Å². The molecule has 4 aromatic rings. The van der Waals surface area contributed by atoms with Crippen molar-refractivity contribution in [3.05, 3.63) is 92.0 Å². The Morgan fingerprint density at radius 3 is 2.29 bits per heavy atom. The molecule has 7 rings (SSSR count). The van der Waals surface area contributed by atoms with Crippen LogP contribution in [-0.4, -0.2) is 106 Å². The zero-order valence-corrected chi connectivity index (χ0v) is 44.3. The number of halogens is 1. The number of anilines is 1. The first kappa shape index (κ1) is 57.6. The molecule has 78 heavy (non-hydrogen) atoms. The van der Waals surface area contributed by atoms with E-state index in [9.17, 15) is 52.3 Å². The molecule has 3 aliphatic rings. The van der Waals surface area contributed by atoms with Crippen LogP contribution >= 0.6 is 0 Å². The van der Waals surface area contributed by atoms with Crippen LogP contribution in [0, 0.1) is 18.7 Å². The number of likely N-dealkylation sites (tertiary alicyclic amines) is 1. The van der Waals surface area contributed by atoms with Crippen LogP contribution in [0.1, 0.15) is 124 Å². The van der Waals surface area contributed by atoms with Crippen molar-refractivity contribution in [2.45, 2.75) is 136 Å². The van der Waals surface area contributed by atoms with Gasteiger partial charge in [-0.1, -0.05) is 39.3 Å². The van der Waals surface area contributed by atoms with Gasteiger partial charge >= 0.3 is 12.1 Å². The van der Waals surface area contributed by atoms with Gasteiger partial charge in [0.05, 0.1) is 23.4 Å². The monoisotopic (exact) mass is 1080 g/mol. The first-order chi connectivity index (χ1) is 37.3. The molecule has 1 aliphatic carbocycles. The fourth-order valence-corrected chi connectivity index (χ4v) is 9.95. The van der Waals surface area contributed by atoms with E-state index in [0.717, 1.165) is 0 Å². The molecule has 1 fully saturated rings. The topological polar surface area (TPSA) is 308 Å². The van der Waals surface area contributed by atoms with Gasteiger partial charge in [0.1, 0.15) is 43.6 Å². The molecule has 23 heteroatoms. The lowest BCUT2D eigenvalue weighted by molar-refractivity contribution is -0.138. The van der Waals surface area contributed by atoms with Gasteiger partial charge < -0.3 is 46.4 Å². The number of carbonyl (C=O) groups excluding carboxylic acids is 9. The number of hydrogen-bond acceptors (Lipinski definition) is 13. The molecule has 416 valence electrons. The van der Waals surface area contributed by atoms with Gasteiger partial charge in [-0.3, -0.25) is 48.6 Å². The highest BCUT2D eigenvalue weighted by atomic mass is 19.1. The van der Waals surface area contributed by atoms with Crippen LogP contribution in [0.3, 0.4) is 0 Å². The molecule has 8 N–H and O–H groups in total. The second-order valence-corrected chi connectivity index (χ2v) is 20.1. The van der Waals surface area contributed by atoms with Crippen molar-refractivity contribution in [3.8, 4) is 11.4 Å². The number of ketones is 1. The average molecular weight is 1080 g/mol. The molecule has 2 aromatic heterocycles. The first-order valence-corrected chi connectivity index (χ1v) is 26.4. The number of alkyl carbamates (subject to hydrolysis) is 1. The van der Waals surface area contributed by atoms with Crippen molar-refractivity contribution in [2.75, 3.05) is 31.7 Å². The molecule has 9 amide bonds. The molecule has 0 spiro atoms. The Morgan fingerprint density at radius 1 is 0.846 bits per heavy atom. The van der Waals surface area contributed by atoms with Crippen LogP contribution in [0.25, 0.3) is 22.3 Å². The lowest BCUT2D eigenvalue weighted by atomic mass is 9.80. The van der Waals surface area contributed by atoms with Crippen molar-refractivity contribution in [1.29, 1.82) is 0 Å². The number of pyridine rings is 2. The molecule has 1 saturated heterocycles. The molecule has 3 atom stereocenters. The molecule has 0 saturated carbocycles. The average Bonchev–Trinajstić information content (AvgIpc) is 4.10. The zero-order valence-electron chi connectivity index (χ0n) is 44.3. The maximum Gasteiger partial charge on any atom is 0.409 e. The van der Waals surface area contributed by atoms with Gasteiger partial charge in [0, 0.05) is 79.5 Å². The van der Waals surface area contributed by atoms with Gasteiger partial charge in [-0.2, -0.15) is 0 Å². The van der Waals surface area contributed by atoms with E-state index in [1.807, 2.05) is 13.0 Å². The number of ether oxygens (including phenoxy) is 2. The Bertz CT molecular complexity index is 3040. The predicted octanol–water partition coefficient (Wildman–Crippen LogP) is 4.12. The summed E-state index contributed by atoms with van der Waals surface area (Å²) in [6.45, 7) is 6.68. The van der Waals surface area contributed by atoms with Gasteiger partial charge in [-0.05, 0) is 97.9 Å². The van der Waals surface area contributed by atoms with Crippen molar-refractivity contribution < 1.29 is 57.0 Å². The zero-order chi connectivity index (χ0) is 56.2. The minimum Gasteiger partial charge on any atom is -0.445 e. The van der Waals surface area contributed by atoms with E-state index in [4.69, 9.17) is 20.2 Å². The number of nitrogens with two attached hydrogens (primary N) is 1. The second kappa shape index (κ2) is 26.3. The molecular formula is C55H67FN10O12. The smallest absolute Gasteiger partial charge is 0.409 e. The van der Waals surface area contributed by atoms with Crippen LogP contribution in [0.2, 0.25) is 0 Å². The number of benzene rings is 2. The Hall–Kier alpha value is -8.08. The molecule has 0 unspecified atom stereocenters. The fourth-order valence-electron chi connectivity index (χ4n) is 9.95. The van der Waals surface area contributed by atoms with Crippen LogP contribution in [-0.2, 0) is 69.2 Å². The van der Waals surface area contributed by atoms with Gasteiger partial charge in [-0.15, -0.1) is 0 Å². The summed E-state index contributed by atoms with van der Waals surface area (Å²) in [5.74, 6) is -3.54. The summed E-state index contributed by atoms with van der Waals surface area (Å²) in [5, 5.41) is 16.6. The first-order valence-electron chi connectivity index (χ1n) is 26.4. The number of unbranched alkanes of at least 4 members (excludes halogenated alkanes) is 2. The Morgan fingerprint density at radius 2 is 1.59 bits per heavy atom. The summed E-state index contributed by atoms with van der Waals surface area (Å²) in [6.07, 6.45) is 2.92. The summed E-state index contributed by atoms with van der Waals surface area (Å²) in [5.41, 5.74) is 10.3. The number of carbonyl (C=O) groups is 9. The summed E-state index contributed by atoms with van der Waals surface area (Å²) in [4.78, 5) is 133. The molecule has 22 nitrogen and oxygen atoms in total. The van der Waals surface area contributed by atoms with Crippen molar-refractivity contribution in [3.63, 3.8) is 0 Å². The SMILES string of the molecule is CC[C@H]1C(=O)CCc2c1cc1n(c2=O)Cc2c-1nc1cc(F)c(C)cc1c2CNC(=O)COCNC(=O)OCc1ccc(NC(=O)[C@H](CCCNC(N)=O)NC(=O)[C@@H](NC(=O)CCCCCN2C(=O)CCC2=O)C(C)C)cc1. The summed E-state index contributed by atoms with van der Waals surface area (Å²) < 4.78 is 27.2. The third-order valence-corrected chi connectivity index (χ3v) is 14.2. The Labute approximate surface area is 449 Å². The Balaban J connectivity index is 0.862. The lowest BCUT2D eigenvalue weighted by Gasteiger charge is -2.25. The number of hydrogen-bond donors (Lipinski definition) is 7. The highest BCUT2D eigenvalue weighted by Gasteiger charge is 2.35. The van der Waals surface area contributed by atoms with E-state index >= 15 is 0 Å². The van der Waals surface area contributed by atoms with E-state index in [-0.39, 0.29) is 100 Å². The van der Waals surface area contributed by atoms with E-state index in [2.05, 4.69) is 31.9 Å². The number of aryl methyl sites for hydroxylation is 1. The van der Waals surface area contributed by atoms with E-state index in [0.29, 0.717) is 106 Å². The van der Waals surface area contributed by atoms with Crippen LogP contribution < -0.4 is 43.2 Å². The van der Waals surface area contributed by atoms with Crippen molar-refractivity contribution >= 4 is 69.9 Å². The maximum atomic E-state index is 14.9. The van der Waals surface area contributed by atoms with Crippen molar-refractivity contribution in [2.24, 2.45) is 11.7 Å². The van der Waals surface area contributed by atoms with Crippen molar-refractivity contribution in [1.82, 2.24) is 41.0 Å².